The van der Waals surface area contributed by atoms with Crippen molar-refractivity contribution in [1.29, 1.82) is 0 Å². The Kier molecular flexibility index (Phi) is 10.1. The number of pyridine rings is 1. The maximum Gasteiger partial charge on any atom is 0.303 e. The molecule has 0 aliphatic carbocycles. The van der Waals surface area contributed by atoms with E-state index in [0.29, 0.717) is 5.82 Å². The maximum atomic E-state index is 11.8. The summed E-state index contributed by atoms with van der Waals surface area (Å²) in [6.45, 7) is 4.28. The number of hydrogen-bond donors (Lipinski definition) is 2. The molecule has 0 amide bonds. The molecule has 5 atom stereocenters. The van der Waals surface area contributed by atoms with Gasteiger partial charge in [0.05, 0.1) is 0 Å². The van der Waals surface area contributed by atoms with Crippen molar-refractivity contribution >= 4 is 63.0 Å². The molecule has 0 bridgehead atoms. The molecule has 14 heteroatoms. The second-order valence-corrected chi connectivity index (χ2v) is 8.40. The zero-order valence-electron chi connectivity index (χ0n) is 18.7. The van der Waals surface area contributed by atoms with E-state index in [0.717, 1.165) is 25.2 Å². The average Bonchev–Trinajstić information content (AvgIpc) is 2.71. The Balaban J connectivity index is 2.35. The Morgan fingerprint density at radius 1 is 0.971 bits per heavy atom. The second kappa shape index (κ2) is 12.6. The lowest BCUT2D eigenvalue weighted by molar-refractivity contribution is -0.254. The summed E-state index contributed by atoms with van der Waals surface area (Å²) in [5.74, 6) is -2.37. The van der Waals surface area contributed by atoms with Crippen LogP contribution in [-0.4, -0.2) is 71.2 Å². The number of carbonyl (C=O) groups is 4. The highest BCUT2D eigenvalue weighted by Crippen LogP contribution is 2.28. The first-order valence-corrected chi connectivity index (χ1v) is 11.2. The predicted octanol–water partition coefficient (Wildman–Crippen LogP) is 1.21. The first kappa shape index (κ1) is 27.4. The fraction of sp³-hybridized carbons (Fsp3) is 0.500. The highest BCUT2D eigenvalue weighted by atomic mass is 79.9. The summed E-state index contributed by atoms with van der Waals surface area (Å²) >= 11 is 8.60. The summed E-state index contributed by atoms with van der Waals surface area (Å²) < 4.78 is 27.7. The first-order valence-electron chi connectivity index (χ1n) is 9.95. The van der Waals surface area contributed by atoms with Gasteiger partial charge >= 0.3 is 23.9 Å². The summed E-state index contributed by atoms with van der Waals surface area (Å²) in [6, 6.07) is 3.40. The zero-order chi connectivity index (χ0) is 25.4. The van der Waals surface area contributed by atoms with E-state index in [9.17, 15) is 19.2 Å². The summed E-state index contributed by atoms with van der Waals surface area (Å²) in [5, 5.41) is 5.71. The minimum absolute atomic E-state index is 0.0377. The van der Waals surface area contributed by atoms with Crippen LogP contribution in [-0.2, 0) is 42.9 Å². The van der Waals surface area contributed by atoms with E-state index >= 15 is 0 Å². The third kappa shape index (κ3) is 8.50. The minimum atomic E-state index is -1.30. The van der Waals surface area contributed by atoms with Gasteiger partial charge in [0.25, 0.3) is 0 Å². The number of hydrogen-bond acceptors (Lipinski definition) is 11. The van der Waals surface area contributed by atoms with Gasteiger partial charge < -0.3 is 34.3 Å². The fourth-order valence-corrected chi connectivity index (χ4v) is 3.53. The molecule has 0 radical (unpaired) electrons. The molecule has 2 heterocycles. The van der Waals surface area contributed by atoms with Crippen LogP contribution in [0.4, 0.5) is 5.82 Å². The molecule has 1 saturated heterocycles. The molecule has 0 aromatic carbocycles. The topological polar surface area (TPSA) is 151 Å². The van der Waals surface area contributed by atoms with Crippen LogP contribution < -0.4 is 10.6 Å². The number of nitrogens with one attached hydrogen (secondary N) is 2. The highest BCUT2D eigenvalue weighted by molar-refractivity contribution is 9.10. The van der Waals surface area contributed by atoms with Gasteiger partial charge in [-0.05, 0) is 40.3 Å². The van der Waals surface area contributed by atoms with Crippen molar-refractivity contribution in [2.24, 2.45) is 0 Å². The second-order valence-electron chi connectivity index (χ2n) is 7.08. The number of aromatic nitrogens is 1. The molecule has 2 N–H and O–H groups in total. The van der Waals surface area contributed by atoms with E-state index in [1.54, 1.807) is 18.3 Å². The Morgan fingerprint density at radius 2 is 1.56 bits per heavy atom. The van der Waals surface area contributed by atoms with E-state index in [4.69, 9.17) is 35.9 Å². The van der Waals surface area contributed by atoms with Crippen LogP contribution >= 0.6 is 28.1 Å². The van der Waals surface area contributed by atoms with Crippen LogP contribution in [0.3, 0.4) is 0 Å². The van der Waals surface area contributed by atoms with Crippen molar-refractivity contribution in [3.63, 3.8) is 0 Å². The van der Waals surface area contributed by atoms with E-state index < -0.39 is 54.5 Å². The van der Waals surface area contributed by atoms with Crippen molar-refractivity contribution < 1.29 is 42.9 Å². The molecular formula is C20H24BrN3O9S. The molecular weight excluding hydrogens is 538 g/mol. The van der Waals surface area contributed by atoms with E-state index in [1.165, 1.54) is 6.92 Å². The van der Waals surface area contributed by atoms with Crippen molar-refractivity contribution in [3.05, 3.63) is 22.8 Å². The van der Waals surface area contributed by atoms with Gasteiger partial charge in [-0.1, -0.05) is 0 Å². The predicted molar refractivity (Wildman–Crippen MR) is 123 cm³/mol. The van der Waals surface area contributed by atoms with Crippen LogP contribution in [0.1, 0.15) is 27.7 Å². The van der Waals surface area contributed by atoms with E-state index in [-0.39, 0.29) is 11.7 Å². The van der Waals surface area contributed by atoms with Crippen molar-refractivity contribution in [2.75, 3.05) is 11.9 Å². The lowest BCUT2D eigenvalue weighted by Crippen LogP contribution is -2.66. The average molecular weight is 562 g/mol. The van der Waals surface area contributed by atoms with Gasteiger partial charge in [-0.2, -0.15) is 0 Å². The molecule has 1 aliphatic heterocycles. The highest BCUT2D eigenvalue weighted by Gasteiger charge is 2.52. The molecule has 1 aromatic rings. The van der Waals surface area contributed by atoms with Crippen LogP contribution in [0, 0.1) is 0 Å². The molecule has 0 saturated carbocycles. The molecule has 1 aliphatic rings. The molecule has 0 spiro atoms. The standard InChI is InChI=1S/C20H24BrN3O9S/c1-9(25)29-8-14-16(30-10(2)26)17(31-11(3)27)18(32-12(4)28)19(33-14)24-20(34)23-15-6-5-13(21)7-22-15/h5-7,14,16-19H,8H2,1-4H3,(H2,22,23,24,34)/t14-,16-,17-,18+,19-/m1/s1. The van der Waals surface area contributed by atoms with Gasteiger partial charge in [0.15, 0.2) is 29.7 Å². The summed E-state index contributed by atoms with van der Waals surface area (Å²) in [4.78, 5) is 51.0. The molecule has 186 valence electrons. The number of ether oxygens (including phenoxy) is 5. The Labute approximate surface area is 209 Å². The Bertz CT molecular complexity index is 930. The van der Waals surface area contributed by atoms with Gasteiger partial charge in [0.1, 0.15) is 18.5 Å². The summed E-state index contributed by atoms with van der Waals surface area (Å²) in [7, 11) is 0. The van der Waals surface area contributed by atoms with Crippen LogP contribution in [0.5, 0.6) is 0 Å². The van der Waals surface area contributed by atoms with Gasteiger partial charge in [0.2, 0.25) is 0 Å². The van der Waals surface area contributed by atoms with E-state index in [2.05, 4.69) is 31.5 Å². The van der Waals surface area contributed by atoms with Gasteiger partial charge in [-0.3, -0.25) is 19.2 Å². The van der Waals surface area contributed by atoms with Gasteiger partial charge in [-0.25, -0.2) is 4.98 Å². The first-order chi connectivity index (χ1) is 16.0. The lowest BCUT2D eigenvalue weighted by Gasteiger charge is -2.44. The quantitative estimate of drug-likeness (QED) is 0.279. The zero-order valence-corrected chi connectivity index (χ0v) is 21.1. The molecule has 1 fully saturated rings. The number of carbonyl (C=O) groups excluding carboxylic acids is 4. The monoisotopic (exact) mass is 561 g/mol. The lowest BCUT2D eigenvalue weighted by atomic mass is 9.97. The molecule has 0 unspecified atom stereocenters. The van der Waals surface area contributed by atoms with Crippen LogP contribution in [0.2, 0.25) is 0 Å². The smallest absolute Gasteiger partial charge is 0.303 e. The summed E-state index contributed by atoms with van der Waals surface area (Å²) in [6.07, 6.45) is -4.55. The fourth-order valence-electron chi connectivity index (χ4n) is 3.08. The SMILES string of the molecule is CC(=O)OC[C@H]1O[C@@H](NC(=S)Nc2ccc(Br)cn2)[C@@H](OC(C)=O)[C@H](OC(C)=O)[C@@H]1OC(C)=O. The van der Waals surface area contributed by atoms with Crippen molar-refractivity contribution in [1.82, 2.24) is 10.3 Å². The number of esters is 4. The normalized spacial score (nSPS) is 23.7. The summed E-state index contributed by atoms with van der Waals surface area (Å²) in [5.41, 5.74) is 0. The van der Waals surface area contributed by atoms with Crippen LogP contribution in [0.15, 0.2) is 22.8 Å². The molecule has 12 nitrogen and oxygen atoms in total. The number of rotatable bonds is 7. The van der Waals surface area contributed by atoms with Crippen molar-refractivity contribution in [3.8, 4) is 0 Å². The number of anilines is 1. The number of nitrogens with zero attached hydrogens (tertiary/aromatic N) is 1. The third-order valence-corrected chi connectivity index (χ3v) is 4.92. The van der Waals surface area contributed by atoms with E-state index in [1.807, 2.05) is 0 Å². The molecule has 34 heavy (non-hydrogen) atoms. The number of halogens is 1. The Morgan fingerprint density at radius 3 is 2.09 bits per heavy atom. The maximum absolute atomic E-state index is 11.8. The Hall–Kier alpha value is -2.84. The minimum Gasteiger partial charge on any atom is -0.463 e. The molecule has 1 aromatic heterocycles. The largest absolute Gasteiger partial charge is 0.463 e. The third-order valence-electron chi connectivity index (χ3n) is 4.23. The van der Waals surface area contributed by atoms with Gasteiger partial charge in [-0.15, -0.1) is 0 Å². The molecule has 2 rings (SSSR count). The van der Waals surface area contributed by atoms with Crippen LogP contribution in [0.25, 0.3) is 0 Å². The van der Waals surface area contributed by atoms with Gasteiger partial charge in [0, 0.05) is 38.4 Å². The number of thiocarbonyl (C=S) groups is 1. The van der Waals surface area contributed by atoms with Crippen molar-refractivity contribution in [2.45, 2.75) is 58.3 Å².